The number of nitrogens with two attached hydrogens (primary N) is 1. The third kappa shape index (κ3) is 6.97. The van der Waals surface area contributed by atoms with E-state index in [1.165, 1.54) is 0 Å². The van der Waals surface area contributed by atoms with Crippen LogP contribution in [0.4, 0.5) is 13.2 Å². The first kappa shape index (κ1) is 26.4. The molecule has 30 heavy (non-hydrogen) atoms. The van der Waals surface area contributed by atoms with Crippen molar-refractivity contribution in [3.63, 3.8) is 0 Å². The second-order valence-electron chi connectivity index (χ2n) is 6.66. The molecule has 1 aromatic carbocycles. The maximum Gasteiger partial charge on any atom is 0.511 e. The minimum Gasteiger partial charge on any atom is -0.366 e. The predicted octanol–water partition coefficient (Wildman–Crippen LogP) is 1.63. The molecule has 13 heteroatoms. The fourth-order valence-corrected chi connectivity index (χ4v) is 3.97. The number of benzene rings is 1. The van der Waals surface area contributed by atoms with Crippen LogP contribution in [-0.4, -0.2) is 56.8 Å². The monoisotopic (exact) mass is 563 g/mol. The van der Waals surface area contributed by atoms with Crippen LogP contribution in [0.15, 0.2) is 29.3 Å². The van der Waals surface area contributed by atoms with Gasteiger partial charge < -0.3 is 16.4 Å². The van der Waals surface area contributed by atoms with Gasteiger partial charge in [-0.2, -0.15) is 17.5 Å². The summed E-state index contributed by atoms with van der Waals surface area (Å²) in [5, 5.41) is 6.16. The maximum atomic E-state index is 12.6. The predicted molar refractivity (Wildman–Crippen MR) is 118 cm³/mol. The molecule has 8 nitrogen and oxygen atoms in total. The number of guanidine groups is 1. The van der Waals surface area contributed by atoms with Crippen molar-refractivity contribution in [3.8, 4) is 0 Å². The first-order valence-electron chi connectivity index (χ1n) is 8.94. The normalized spacial score (nSPS) is 16.6. The van der Waals surface area contributed by atoms with Crippen LogP contribution in [0.2, 0.25) is 0 Å². The van der Waals surface area contributed by atoms with Gasteiger partial charge in [0.2, 0.25) is 5.91 Å². The van der Waals surface area contributed by atoms with Crippen LogP contribution < -0.4 is 16.4 Å². The number of alkyl halides is 3. The number of carbonyl (C=O) groups is 1. The average molecular weight is 563 g/mol. The van der Waals surface area contributed by atoms with E-state index in [1.807, 2.05) is 6.07 Å². The van der Waals surface area contributed by atoms with E-state index in [1.54, 1.807) is 25.2 Å². The van der Waals surface area contributed by atoms with E-state index in [4.69, 9.17) is 5.73 Å². The zero-order chi connectivity index (χ0) is 21.7. The minimum atomic E-state index is -5.27. The van der Waals surface area contributed by atoms with Gasteiger partial charge >= 0.3 is 15.5 Å². The summed E-state index contributed by atoms with van der Waals surface area (Å²) in [6.07, 6.45) is 0.639. The Bertz CT molecular complexity index is 856. The van der Waals surface area contributed by atoms with Crippen molar-refractivity contribution >= 4 is 45.9 Å². The Balaban J connectivity index is 0.00000450. The quantitative estimate of drug-likeness (QED) is 0.277. The van der Waals surface area contributed by atoms with Crippen LogP contribution in [0.1, 0.15) is 28.8 Å². The molecule has 1 fully saturated rings. The highest BCUT2D eigenvalue weighted by Gasteiger charge is 2.50. The molecule has 0 unspecified atom stereocenters. The SMILES string of the molecule is CN=C(NCc1cccc(C(N)=O)c1)NCC1CCN(S(=O)(=O)C(F)(F)F)CC1.I. The molecule has 2 rings (SSSR count). The van der Waals surface area contributed by atoms with Gasteiger partial charge in [0.05, 0.1) is 0 Å². The second-order valence-corrected chi connectivity index (χ2v) is 8.59. The summed E-state index contributed by atoms with van der Waals surface area (Å²) in [5.41, 5.74) is 1.21. The Labute approximate surface area is 190 Å². The number of nitrogens with zero attached hydrogens (tertiary/aromatic N) is 2. The number of hydrogen-bond acceptors (Lipinski definition) is 4. The molecule has 0 aliphatic carbocycles. The second kappa shape index (κ2) is 11.1. The molecule has 0 spiro atoms. The molecule has 0 aromatic heterocycles. The van der Waals surface area contributed by atoms with Crippen LogP contribution in [-0.2, 0) is 16.6 Å². The number of sulfonamides is 1. The Morgan fingerprint density at radius 3 is 2.43 bits per heavy atom. The van der Waals surface area contributed by atoms with Gasteiger partial charge in [-0.15, -0.1) is 24.0 Å². The summed E-state index contributed by atoms with van der Waals surface area (Å²) in [6, 6.07) is 6.82. The summed E-state index contributed by atoms with van der Waals surface area (Å²) in [6.45, 7) is 0.504. The number of aliphatic imine (C=N–C) groups is 1. The van der Waals surface area contributed by atoms with E-state index in [9.17, 15) is 26.4 Å². The number of halogens is 4. The first-order chi connectivity index (χ1) is 13.5. The van der Waals surface area contributed by atoms with Gasteiger partial charge in [-0.05, 0) is 36.5 Å². The van der Waals surface area contributed by atoms with Gasteiger partial charge in [0, 0.05) is 38.8 Å². The summed E-state index contributed by atoms with van der Waals surface area (Å²) in [5.74, 6) is -0.0144. The van der Waals surface area contributed by atoms with Crippen molar-refractivity contribution in [2.45, 2.75) is 24.9 Å². The molecule has 0 atom stereocenters. The summed E-state index contributed by atoms with van der Waals surface area (Å²) < 4.78 is 61.2. The van der Waals surface area contributed by atoms with Crippen molar-refractivity contribution in [2.24, 2.45) is 16.6 Å². The highest BCUT2D eigenvalue weighted by molar-refractivity contribution is 14.0. The zero-order valence-electron chi connectivity index (χ0n) is 16.3. The third-order valence-electron chi connectivity index (χ3n) is 4.66. The lowest BCUT2D eigenvalue weighted by Crippen LogP contribution is -2.47. The standard InChI is InChI=1S/C17H24F3N5O3S.HI/c1-22-16(24-11-13-3-2-4-14(9-13)15(21)26)23-10-12-5-7-25(8-6-12)29(27,28)17(18,19)20;/h2-4,9,12H,5-8,10-11H2,1H3,(H2,21,26)(H2,22,23,24);1H. The number of rotatable bonds is 6. The van der Waals surface area contributed by atoms with Gasteiger partial charge in [0.1, 0.15) is 0 Å². The lowest BCUT2D eigenvalue weighted by Gasteiger charge is -2.31. The summed E-state index contributed by atoms with van der Waals surface area (Å²) in [4.78, 5) is 15.3. The third-order valence-corrected chi connectivity index (χ3v) is 6.29. The van der Waals surface area contributed by atoms with Gasteiger partial charge in [0.15, 0.2) is 5.96 Å². The summed E-state index contributed by atoms with van der Waals surface area (Å²) >= 11 is 0. The molecule has 1 amide bonds. The van der Waals surface area contributed by atoms with E-state index in [0.717, 1.165) is 5.56 Å². The summed E-state index contributed by atoms with van der Waals surface area (Å²) in [7, 11) is -3.69. The molecule has 170 valence electrons. The molecule has 1 aliphatic heterocycles. The highest BCUT2D eigenvalue weighted by atomic mass is 127. The van der Waals surface area contributed by atoms with Crippen LogP contribution in [0, 0.1) is 5.92 Å². The van der Waals surface area contributed by atoms with Crippen molar-refractivity contribution in [3.05, 3.63) is 35.4 Å². The molecular weight excluding hydrogens is 538 g/mol. The smallest absolute Gasteiger partial charge is 0.366 e. The van der Waals surface area contributed by atoms with Crippen molar-refractivity contribution in [2.75, 3.05) is 26.7 Å². The number of hydrogen-bond donors (Lipinski definition) is 3. The van der Waals surface area contributed by atoms with Crippen molar-refractivity contribution < 1.29 is 26.4 Å². The van der Waals surface area contributed by atoms with Crippen LogP contribution in [0.3, 0.4) is 0 Å². The number of amides is 1. The Hall–Kier alpha value is -1.61. The number of piperidine rings is 1. The number of primary amides is 1. The molecule has 0 bridgehead atoms. The van der Waals surface area contributed by atoms with Crippen molar-refractivity contribution in [1.82, 2.24) is 14.9 Å². The van der Waals surface area contributed by atoms with E-state index < -0.39 is 21.4 Å². The molecule has 1 saturated heterocycles. The molecule has 0 saturated carbocycles. The van der Waals surface area contributed by atoms with Gasteiger partial charge in [-0.1, -0.05) is 12.1 Å². The lowest BCUT2D eigenvalue weighted by atomic mass is 9.98. The van der Waals surface area contributed by atoms with Gasteiger partial charge in [-0.25, -0.2) is 8.42 Å². The fourth-order valence-electron chi connectivity index (χ4n) is 2.98. The lowest BCUT2D eigenvalue weighted by molar-refractivity contribution is -0.0496. The maximum absolute atomic E-state index is 12.6. The number of nitrogens with one attached hydrogen (secondary N) is 2. The van der Waals surface area contributed by atoms with Crippen LogP contribution in [0.25, 0.3) is 0 Å². The van der Waals surface area contributed by atoms with Gasteiger partial charge in [0.25, 0.3) is 0 Å². The van der Waals surface area contributed by atoms with Crippen LogP contribution in [0.5, 0.6) is 0 Å². The minimum absolute atomic E-state index is 0. The highest BCUT2D eigenvalue weighted by Crippen LogP contribution is 2.30. The Kier molecular flexibility index (Phi) is 9.81. The topological polar surface area (TPSA) is 117 Å². The number of carbonyl (C=O) groups excluding carboxylic acids is 1. The molecular formula is C17H25F3IN5O3S. The largest absolute Gasteiger partial charge is 0.511 e. The van der Waals surface area contributed by atoms with Crippen molar-refractivity contribution in [1.29, 1.82) is 0 Å². The first-order valence-corrected chi connectivity index (χ1v) is 10.4. The Morgan fingerprint density at radius 2 is 1.90 bits per heavy atom. The fraction of sp³-hybridized carbons (Fsp3) is 0.529. The van der Waals surface area contributed by atoms with E-state index in [0.29, 0.717) is 41.8 Å². The van der Waals surface area contributed by atoms with E-state index in [-0.39, 0.29) is 43.0 Å². The van der Waals surface area contributed by atoms with Crippen LogP contribution >= 0.6 is 24.0 Å². The zero-order valence-corrected chi connectivity index (χ0v) is 19.4. The molecule has 0 radical (unpaired) electrons. The molecule has 4 N–H and O–H groups in total. The van der Waals surface area contributed by atoms with E-state index >= 15 is 0 Å². The van der Waals surface area contributed by atoms with Gasteiger partial charge in [-0.3, -0.25) is 9.79 Å². The van der Waals surface area contributed by atoms with E-state index in [2.05, 4.69) is 15.6 Å². The molecule has 1 aliphatic rings. The Morgan fingerprint density at radius 1 is 1.27 bits per heavy atom. The average Bonchev–Trinajstić information content (AvgIpc) is 2.67. The molecule has 1 heterocycles. The molecule has 1 aromatic rings.